The molecule has 3 heteroatoms. The normalized spacial score (nSPS) is 11.6. The second kappa shape index (κ2) is 4.83. The topological polar surface area (TPSA) is 29.3 Å². The zero-order valence-electron chi connectivity index (χ0n) is 10.5. The van der Waals surface area contributed by atoms with Crippen LogP contribution in [0.4, 0.5) is 10.1 Å². The summed E-state index contributed by atoms with van der Waals surface area (Å²) < 4.78 is 13.2. The lowest BCUT2D eigenvalue weighted by Gasteiger charge is -2.26. The number of anilines is 1. The van der Waals surface area contributed by atoms with Crippen molar-refractivity contribution in [3.63, 3.8) is 0 Å². The molecular formula is C13H21FN2. The summed E-state index contributed by atoms with van der Waals surface area (Å²) in [5.41, 5.74) is 7.78. The highest BCUT2D eigenvalue weighted by atomic mass is 19.1. The molecule has 0 aliphatic carbocycles. The Kier molecular flexibility index (Phi) is 3.92. The van der Waals surface area contributed by atoms with Crippen LogP contribution in [0.1, 0.15) is 19.4 Å². The second-order valence-electron chi connectivity index (χ2n) is 5.21. The van der Waals surface area contributed by atoms with Gasteiger partial charge >= 0.3 is 0 Å². The highest BCUT2D eigenvalue weighted by Gasteiger charge is 2.19. The Balaban J connectivity index is 3.06. The molecule has 1 aromatic carbocycles. The first-order valence-corrected chi connectivity index (χ1v) is 5.51. The smallest absolute Gasteiger partial charge is 0.123 e. The maximum absolute atomic E-state index is 13.2. The fourth-order valence-electron chi connectivity index (χ4n) is 1.72. The van der Waals surface area contributed by atoms with Crippen molar-refractivity contribution in [2.75, 3.05) is 25.5 Å². The van der Waals surface area contributed by atoms with Gasteiger partial charge in [0.2, 0.25) is 0 Å². The molecule has 16 heavy (non-hydrogen) atoms. The Morgan fingerprint density at radius 1 is 1.31 bits per heavy atom. The first-order chi connectivity index (χ1) is 7.35. The highest BCUT2D eigenvalue weighted by Crippen LogP contribution is 2.27. The summed E-state index contributed by atoms with van der Waals surface area (Å²) in [6.45, 7) is 4.78. The van der Waals surface area contributed by atoms with Gasteiger partial charge in [-0.3, -0.25) is 0 Å². The predicted octanol–water partition coefficient (Wildman–Crippen LogP) is 2.42. The molecule has 0 aliphatic rings. The largest absolute Gasteiger partial charge is 0.377 e. The zero-order valence-corrected chi connectivity index (χ0v) is 10.5. The molecule has 0 unspecified atom stereocenters. The van der Waals surface area contributed by atoms with Crippen molar-refractivity contribution in [2.45, 2.75) is 20.3 Å². The predicted molar refractivity (Wildman–Crippen MR) is 67.3 cm³/mol. The molecule has 1 rings (SSSR count). The van der Waals surface area contributed by atoms with Crippen LogP contribution in [0.15, 0.2) is 18.2 Å². The van der Waals surface area contributed by atoms with E-state index >= 15 is 0 Å². The van der Waals surface area contributed by atoms with Crippen LogP contribution >= 0.6 is 0 Å². The molecule has 0 saturated heterocycles. The summed E-state index contributed by atoms with van der Waals surface area (Å²) >= 11 is 0. The van der Waals surface area contributed by atoms with Crippen LogP contribution in [-0.2, 0) is 6.42 Å². The molecule has 0 radical (unpaired) electrons. The number of nitrogens with zero attached hydrogens (tertiary/aromatic N) is 1. The maximum atomic E-state index is 13.2. The van der Waals surface area contributed by atoms with Gasteiger partial charge in [-0.1, -0.05) is 13.8 Å². The van der Waals surface area contributed by atoms with Crippen molar-refractivity contribution in [2.24, 2.45) is 11.1 Å². The molecule has 0 fully saturated rings. The molecule has 2 N–H and O–H groups in total. The van der Waals surface area contributed by atoms with E-state index in [1.54, 1.807) is 6.07 Å². The minimum atomic E-state index is -0.187. The van der Waals surface area contributed by atoms with Gasteiger partial charge in [0.25, 0.3) is 0 Å². The van der Waals surface area contributed by atoms with E-state index in [1.165, 1.54) is 6.07 Å². The number of halogens is 1. The first-order valence-electron chi connectivity index (χ1n) is 5.51. The Bertz CT molecular complexity index is 359. The van der Waals surface area contributed by atoms with Gasteiger partial charge < -0.3 is 10.6 Å². The van der Waals surface area contributed by atoms with Crippen LogP contribution in [0, 0.1) is 11.2 Å². The van der Waals surface area contributed by atoms with Crippen LogP contribution in [-0.4, -0.2) is 20.6 Å². The van der Waals surface area contributed by atoms with Crippen LogP contribution in [0.3, 0.4) is 0 Å². The van der Waals surface area contributed by atoms with Gasteiger partial charge in [0.15, 0.2) is 0 Å². The van der Waals surface area contributed by atoms with Crippen LogP contribution in [0.2, 0.25) is 0 Å². The fourth-order valence-corrected chi connectivity index (χ4v) is 1.72. The van der Waals surface area contributed by atoms with Crippen LogP contribution in [0.5, 0.6) is 0 Å². The number of hydrogen-bond donors (Lipinski definition) is 1. The number of rotatable bonds is 4. The summed E-state index contributed by atoms with van der Waals surface area (Å²) in [5, 5.41) is 0. The molecule has 0 spiro atoms. The first kappa shape index (κ1) is 13.0. The molecule has 0 amide bonds. The van der Waals surface area contributed by atoms with Crippen molar-refractivity contribution in [1.29, 1.82) is 0 Å². The molecule has 0 atom stereocenters. The Hall–Kier alpha value is -1.09. The standard InChI is InChI=1S/C13H21FN2/c1-13(2,9-15)8-10-7-11(14)5-6-12(10)16(3)4/h5-7H,8-9,15H2,1-4H3. The van der Waals surface area contributed by atoms with E-state index < -0.39 is 0 Å². The minimum absolute atomic E-state index is 0.00144. The van der Waals surface area contributed by atoms with Crippen molar-refractivity contribution in [1.82, 2.24) is 0 Å². The third-order valence-corrected chi connectivity index (χ3v) is 2.74. The summed E-state index contributed by atoms with van der Waals surface area (Å²) in [6, 6.07) is 4.91. The van der Waals surface area contributed by atoms with Gasteiger partial charge in [0, 0.05) is 19.8 Å². The van der Waals surface area contributed by atoms with E-state index in [1.807, 2.05) is 25.1 Å². The van der Waals surface area contributed by atoms with Gasteiger partial charge in [-0.2, -0.15) is 0 Å². The average molecular weight is 224 g/mol. The van der Waals surface area contributed by atoms with Crippen molar-refractivity contribution < 1.29 is 4.39 Å². The van der Waals surface area contributed by atoms with Gasteiger partial charge in [0.1, 0.15) is 5.82 Å². The van der Waals surface area contributed by atoms with E-state index in [9.17, 15) is 4.39 Å². The van der Waals surface area contributed by atoms with E-state index in [0.717, 1.165) is 17.7 Å². The van der Waals surface area contributed by atoms with Gasteiger partial charge in [-0.15, -0.1) is 0 Å². The monoisotopic (exact) mass is 224 g/mol. The van der Waals surface area contributed by atoms with Gasteiger partial charge in [-0.25, -0.2) is 4.39 Å². The van der Waals surface area contributed by atoms with E-state index in [2.05, 4.69) is 13.8 Å². The molecule has 0 bridgehead atoms. The van der Waals surface area contributed by atoms with Crippen molar-refractivity contribution in [3.05, 3.63) is 29.6 Å². The van der Waals surface area contributed by atoms with Gasteiger partial charge in [0.05, 0.1) is 0 Å². The van der Waals surface area contributed by atoms with E-state index in [0.29, 0.717) is 6.54 Å². The SMILES string of the molecule is CN(C)c1ccc(F)cc1CC(C)(C)CN. The van der Waals surface area contributed by atoms with E-state index in [4.69, 9.17) is 5.73 Å². The zero-order chi connectivity index (χ0) is 12.3. The summed E-state index contributed by atoms with van der Waals surface area (Å²) in [4.78, 5) is 2.00. The lowest BCUT2D eigenvalue weighted by molar-refractivity contribution is 0.376. The number of hydrogen-bond acceptors (Lipinski definition) is 2. The Morgan fingerprint density at radius 2 is 1.94 bits per heavy atom. The van der Waals surface area contributed by atoms with E-state index in [-0.39, 0.29) is 11.2 Å². The van der Waals surface area contributed by atoms with Crippen molar-refractivity contribution >= 4 is 5.69 Å². The molecule has 90 valence electrons. The molecule has 0 saturated carbocycles. The lowest BCUT2D eigenvalue weighted by atomic mass is 9.85. The Morgan fingerprint density at radius 3 is 2.44 bits per heavy atom. The Labute approximate surface area is 97.3 Å². The van der Waals surface area contributed by atoms with Gasteiger partial charge in [-0.05, 0) is 42.1 Å². The highest BCUT2D eigenvalue weighted by molar-refractivity contribution is 5.53. The van der Waals surface area contributed by atoms with Crippen molar-refractivity contribution in [3.8, 4) is 0 Å². The molecule has 0 aliphatic heterocycles. The third kappa shape index (κ3) is 3.20. The molecule has 1 aromatic rings. The third-order valence-electron chi connectivity index (χ3n) is 2.74. The summed E-state index contributed by atoms with van der Waals surface area (Å²) in [5.74, 6) is -0.187. The quantitative estimate of drug-likeness (QED) is 0.851. The fraction of sp³-hybridized carbons (Fsp3) is 0.538. The minimum Gasteiger partial charge on any atom is -0.377 e. The lowest BCUT2D eigenvalue weighted by Crippen LogP contribution is -2.27. The summed E-state index contributed by atoms with van der Waals surface area (Å²) in [6.07, 6.45) is 0.786. The van der Waals surface area contributed by atoms with Crippen LogP contribution < -0.4 is 10.6 Å². The molecular weight excluding hydrogens is 203 g/mol. The van der Waals surface area contributed by atoms with Crippen LogP contribution in [0.25, 0.3) is 0 Å². The molecule has 0 aromatic heterocycles. The second-order valence-corrected chi connectivity index (χ2v) is 5.21. The average Bonchev–Trinajstić information content (AvgIpc) is 2.16. The summed E-state index contributed by atoms with van der Waals surface area (Å²) in [7, 11) is 3.93. The molecule has 0 heterocycles. The number of benzene rings is 1. The number of nitrogens with two attached hydrogens (primary N) is 1. The maximum Gasteiger partial charge on any atom is 0.123 e. The molecule has 2 nitrogen and oxygen atoms in total.